The Morgan fingerprint density at radius 3 is 2.56 bits per heavy atom. The first-order chi connectivity index (χ1) is 18.7. The molecular weight excluding hydrogens is 515 g/mol. The number of hydrogen-bond donors (Lipinski definition) is 1. The lowest BCUT2D eigenvalue weighted by molar-refractivity contribution is -0.142. The summed E-state index contributed by atoms with van der Waals surface area (Å²) in [5.74, 6) is -1.25. The zero-order valence-corrected chi connectivity index (χ0v) is 20.4. The molecule has 0 unspecified atom stereocenters. The summed E-state index contributed by atoms with van der Waals surface area (Å²) in [5, 5.41) is 10.8. The summed E-state index contributed by atoms with van der Waals surface area (Å²) in [6.45, 7) is 1.91. The number of alkyl halides is 3. The van der Waals surface area contributed by atoms with Gasteiger partial charge in [0.2, 0.25) is 0 Å². The molecule has 0 radical (unpaired) electrons. The van der Waals surface area contributed by atoms with Gasteiger partial charge in [0, 0.05) is 29.1 Å². The van der Waals surface area contributed by atoms with Crippen molar-refractivity contribution in [1.29, 1.82) is 0 Å². The van der Waals surface area contributed by atoms with E-state index in [9.17, 15) is 22.8 Å². The van der Waals surface area contributed by atoms with Crippen LogP contribution in [0.25, 0.3) is 22.6 Å². The standard InChI is InChI=1S/C26H20F3N7O3/c1-2-39-25(38)18-13-31-35-20(8-9-30-22(18)35)15-4-3-5-16(10-15)33-24(37)17-12-32-36-21(26(27,28)29)11-19(14-6-7-14)34-23(17)36/h3-5,8-14H,2,6-7H2,1H3,(H,33,37). The highest BCUT2D eigenvalue weighted by molar-refractivity contribution is 6.08. The molecule has 1 N–H and O–H groups in total. The molecule has 0 atom stereocenters. The van der Waals surface area contributed by atoms with Gasteiger partial charge in [-0.25, -0.2) is 23.8 Å². The molecule has 10 nitrogen and oxygen atoms in total. The molecule has 1 aromatic carbocycles. The number of amides is 1. The average molecular weight is 535 g/mol. The van der Waals surface area contributed by atoms with E-state index in [2.05, 4.69) is 25.5 Å². The lowest BCUT2D eigenvalue weighted by atomic mass is 10.1. The number of hydrogen-bond acceptors (Lipinski definition) is 7. The number of fused-ring (bicyclic) bond motifs is 2. The fraction of sp³-hybridized carbons (Fsp3) is 0.231. The van der Waals surface area contributed by atoms with Crippen LogP contribution in [0.3, 0.4) is 0 Å². The van der Waals surface area contributed by atoms with Crippen molar-refractivity contribution in [2.45, 2.75) is 31.9 Å². The van der Waals surface area contributed by atoms with Crippen LogP contribution in [-0.4, -0.2) is 47.7 Å². The van der Waals surface area contributed by atoms with Crippen molar-refractivity contribution in [2.24, 2.45) is 0 Å². The number of carbonyl (C=O) groups excluding carboxylic acids is 2. The van der Waals surface area contributed by atoms with Crippen molar-refractivity contribution in [3.05, 3.63) is 77.5 Å². The molecule has 1 amide bonds. The van der Waals surface area contributed by atoms with E-state index in [1.807, 2.05) is 0 Å². The van der Waals surface area contributed by atoms with Gasteiger partial charge < -0.3 is 10.1 Å². The minimum Gasteiger partial charge on any atom is -0.462 e. The molecular formula is C26H20F3N7O3. The van der Waals surface area contributed by atoms with Crippen LogP contribution in [-0.2, 0) is 10.9 Å². The first kappa shape index (κ1) is 24.5. The molecule has 6 rings (SSSR count). The summed E-state index contributed by atoms with van der Waals surface area (Å²) in [7, 11) is 0. The zero-order valence-electron chi connectivity index (χ0n) is 20.4. The second-order valence-corrected chi connectivity index (χ2v) is 9.01. The number of nitrogens with zero attached hydrogens (tertiary/aromatic N) is 6. The predicted octanol–water partition coefficient (Wildman–Crippen LogP) is 4.76. The van der Waals surface area contributed by atoms with Crippen molar-refractivity contribution in [3.63, 3.8) is 0 Å². The molecule has 0 bridgehead atoms. The summed E-state index contributed by atoms with van der Waals surface area (Å²) in [6.07, 6.45) is 0.833. The molecule has 1 aliphatic rings. The summed E-state index contributed by atoms with van der Waals surface area (Å²) >= 11 is 0. The Bertz CT molecular complexity index is 1760. The van der Waals surface area contributed by atoms with E-state index < -0.39 is 23.7 Å². The van der Waals surface area contributed by atoms with Gasteiger partial charge in [-0.3, -0.25) is 4.79 Å². The lowest BCUT2D eigenvalue weighted by Gasteiger charge is -2.11. The smallest absolute Gasteiger partial charge is 0.433 e. The number of benzene rings is 1. The maximum atomic E-state index is 13.7. The molecule has 4 heterocycles. The van der Waals surface area contributed by atoms with Crippen LogP contribution in [0.5, 0.6) is 0 Å². The Morgan fingerprint density at radius 2 is 1.82 bits per heavy atom. The Morgan fingerprint density at radius 1 is 1.05 bits per heavy atom. The summed E-state index contributed by atoms with van der Waals surface area (Å²) in [5.41, 5.74) is 1.24. The van der Waals surface area contributed by atoms with Gasteiger partial charge in [0.25, 0.3) is 5.91 Å². The van der Waals surface area contributed by atoms with Gasteiger partial charge in [-0.05, 0) is 44.0 Å². The first-order valence-corrected chi connectivity index (χ1v) is 12.1. The van der Waals surface area contributed by atoms with Crippen molar-refractivity contribution in [1.82, 2.24) is 29.2 Å². The van der Waals surface area contributed by atoms with Gasteiger partial charge in [0.15, 0.2) is 11.3 Å². The van der Waals surface area contributed by atoms with Gasteiger partial charge in [-0.1, -0.05) is 12.1 Å². The van der Waals surface area contributed by atoms with E-state index in [4.69, 9.17) is 4.74 Å². The Hall–Kier alpha value is -4.81. The normalized spacial score (nSPS) is 13.6. The van der Waals surface area contributed by atoms with E-state index in [1.54, 1.807) is 37.3 Å². The fourth-order valence-corrected chi connectivity index (χ4v) is 4.35. The van der Waals surface area contributed by atoms with Gasteiger partial charge in [0.05, 0.1) is 24.7 Å². The topological polar surface area (TPSA) is 116 Å². The molecule has 39 heavy (non-hydrogen) atoms. The van der Waals surface area contributed by atoms with Crippen LogP contribution in [0.1, 0.15) is 57.8 Å². The van der Waals surface area contributed by atoms with Gasteiger partial charge in [-0.15, -0.1) is 0 Å². The number of ether oxygens (including phenoxy) is 1. The molecule has 5 aromatic rings. The quantitative estimate of drug-likeness (QED) is 0.312. The second-order valence-electron chi connectivity index (χ2n) is 9.01. The lowest BCUT2D eigenvalue weighted by Crippen LogP contribution is -2.16. The van der Waals surface area contributed by atoms with Crippen molar-refractivity contribution < 1.29 is 27.5 Å². The minimum absolute atomic E-state index is 0.0533. The molecule has 0 spiro atoms. The number of nitrogens with one attached hydrogen (secondary N) is 1. The molecule has 1 fully saturated rings. The molecule has 1 aliphatic carbocycles. The summed E-state index contributed by atoms with van der Waals surface area (Å²) in [6, 6.07) is 9.50. The van der Waals surface area contributed by atoms with Gasteiger partial charge in [0.1, 0.15) is 16.8 Å². The van der Waals surface area contributed by atoms with Crippen LogP contribution < -0.4 is 5.32 Å². The molecule has 13 heteroatoms. The van der Waals surface area contributed by atoms with E-state index >= 15 is 0 Å². The number of halogens is 3. The van der Waals surface area contributed by atoms with E-state index in [0.717, 1.165) is 25.1 Å². The first-order valence-electron chi connectivity index (χ1n) is 12.1. The highest BCUT2D eigenvalue weighted by Crippen LogP contribution is 2.41. The highest BCUT2D eigenvalue weighted by atomic mass is 19.4. The monoisotopic (exact) mass is 535 g/mol. The molecule has 0 saturated heterocycles. The van der Waals surface area contributed by atoms with Crippen LogP contribution in [0, 0.1) is 0 Å². The van der Waals surface area contributed by atoms with Crippen LogP contribution in [0.4, 0.5) is 18.9 Å². The van der Waals surface area contributed by atoms with E-state index in [1.165, 1.54) is 16.9 Å². The number of anilines is 1. The van der Waals surface area contributed by atoms with Crippen molar-refractivity contribution in [3.8, 4) is 11.3 Å². The van der Waals surface area contributed by atoms with E-state index in [-0.39, 0.29) is 29.3 Å². The number of carbonyl (C=O) groups is 2. The number of aromatic nitrogens is 6. The minimum atomic E-state index is -4.66. The third-order valence-electron chi connectivity index (χ3n) is 6.34. The van der Waals surface area contributed by atoms with Gasteiger partial charge in [-0.2, -0.15) is 23.4 Å². The molecule has 0 aliphatic heterocycles. The van der Waals surface area contributed by atoms with E-state index in [0.29, 0.717) is 32.8 Å². The van der Waals surface area contributed by atoms with Gasteiger partial charge >= 0.3 is 12.1 Å². The molecule has 1 saturated carbocycles. The van der Waals surface area contributed by atoms with Crippen molar-refractivity contribution in [2.75, 3.05) is 11.9 Å². The summed E-state index contributed by atoms with van der Waals surface area (Å²) < 4.78 is 48.3. The fourth-order valence-electron chi connectivity index (χ4n) is 4.35. The predicted molar refractivity (Wildman–Crippen MR) is 132 cm³/mol. The summed E-state index contributed by atoms with van der Waals surface area (Å²) in [4.78, 5) is 34.0. The van der Waals surface area contributed by atoms with Crippen LogP contribution in [0.15, 0.2) is 55.0 Å². The zero-order chi connectivity index (χ0) is 27.3. The third kappa shape index (κ3) is 4.45. The second kappa shape index (κ2) is 9.19. The molecule has 4 aromatic heterocycles. The highest BCUT2D eigenvalue weighted by Gasteiger charge is 2.38. The van der Waals surface area contributed by atoms with Crippen molar-refractivity contribution >= 4 is 28.9 Å². The maximum absolute atomic E-state index is 13.7. The Balaban J connectivity index is 1.33. The Kier molecular flexibility index (Phi) is 5.78. The van der Waals surface area contributed by atoms with Crippen LogP contribution in [0.2, 0.25) is 0 Å². The third-order valence-corrected chi connectivity index (χ3v) is 6.34. The number of esters is 1. The molecule has 198 valence electrons. The average Bonchev–Trinajstić information content (AvgIpc) is 3.52. The Labute approximate surface area is 218 Å². The van der Waals surface area contributed by atoms with Crippen LogP contribution >= 0.6 is 0 Å². The largest absolute Gasteiger partial charge is 0.462 e. The SMILES string of the molecule is CCOC(=O)c1cnn2c(-c3cccc(NC(=O)c4cnn5c(C(F)(F)F)cc(C6CC6)nc45)c3)ccnc12. The maximum Gasteiger partial charge on any atom is 0.433 e. The number of rotatable bonds is 6.